The maximum absolute atomic E-state index is 13.2. The van der Waals surface area contributed by atoms with Crippen molar-refractivity contribution in [1.29, 1.82) is 5.26 Å². The summed E-state index contributed by atoms with van der Waals surface area (Å²) in [4.78, 5) is 25.1. The summed E-state index contributed by atoms with van der Waals surface area (Å²) < 4.78 is 14.7. The number of likely N-dealkylation sites (tertiary alicyclic amines) is 1. The first kappa shape index (κ1) is 21.6. The van der Waals surface area contributed by atoms with Gasteiger partial charge in [0.2, 0.25) is 0 Å². The lowest BCUT2D eigenvalue weighted by Crippen LogP contribution is -2.53. The summed E-state index contributed by atoms with van der Waals surface area (Å²) in [6.45, 7) is 0.214. The second kappa shape index (κ2) is 8.12. The van der Waals surface area contributed by atoms with E-state index in [1.54, 1.807) is 0 Å². The van der Waals surface area contributed by atoms with E-state index in [9.17, 15) is 24.3 Å². The average molecular weight is 441 g/mol. The number of nitrogens with one attached hydrogen (secondary N) is 1. The molecule has 3 unspecified atom stereocenters. The number of nitrogens with two attached hydrogens (primary N) is 2. The van der Waals surface area contributed by atoms with Gasteiger partial charge in [-0.05, 0) is 49.9 Å². The summed E-state index contributed by atoms with van der Waals surface area (Å²) in [7, 11) is 0. The molecule has 6 N–H and O–H groups in total. The van der Waals surface area contributed by atoms with Gasteiger partial charge >= 0.3 is 6.09 Å². The number of rotatable bonds is 6. The van der Waals surface area contributed by atoms with E-state index in [1.807, 2.05) is 0 Å². The largest absolute Gasteiger partial charge is 0.465 e. The van der Waals surface area contributed by atoms with Crippen LogP contribution < -0.4 is 16.8 Å². The van der Waals surface area contributed by atoms with E-state index >= 15 is 0 Å². The molecule has 1 saturated heterocycles. The smallest absolute Gasteiger partial charge is 0.407 e. The maximum Gasteiger partial charge on any atom is 0.407 e. The van der Waals surface area contributed by atoms with Gasteiger partial charge in [0.15, 0.2) is 5.82 Å². The number of piperidine rings is 1. The van der Waals surface area contributed by atoms with Crippen LogP contribution in [0.25, 0.3) is 0 Å². The molecule has 32 heavy (non-hydrogen) atoms. The zero-order valence-electron chi connectivity index (χ0n) is 17.2. The highest BCUT2D eigenvalue weighted by molar-refractivity contribution is 5.98. The predicted octanol–water partition coefficient (Wildman–Crippen LogP) is 2.18. The Hall–Kier alpha value is -3.65. The van der Waals surface area contributed by atoms with E-state index in [0.717, 1.165) is 12.8 Å². The molecule has 4 rings (SSSR count). The molecule has 2 aromatic rings. The molecule has 10 nitrogen and oxygen atoms in total. The molecule has 1 aromatic carbocycles. The van der Waals surface area contributed by atoms with Crippen LogP contribution in [-0.2, 0) is 0 Å². The monoisotopic (exact) mass is 441 g/mol. The van der Waals surface area contributed by atoms with Crippen LogP contribution in [0, 0.1) is 23.1 Å². The number of anilines is 2. The number of hydrogen-bond donors (Lipinski definition) is 4. The number of halogens is 1. The quantitative estimate of drug-likeness (QED) is 0.533. The lowest BCUT2D eigenvalue weighted by atomic mass is 9.82. The third-order valence-electron chi connectivity index (χ3n) is 6.24. The van der Waals surface area contributed by atoms with Crippen molar-refractivity contribution in [2.75, 3.05) is 11.9 Å². The molecule has 3 atom stereocenters. The Morgan fingerprint density at radius 1 is 1.34 bits per heavy atom. The van der Waals surface area contributed by atoms with Crippen LogP contribution in [0.1, 0.15) is 42.1 Å². The van der Waals surface area contributed by atoms with Crippen molar-refractivity contribution >= 4 is 23.5 Å². The van der Waals surface area contributed by atoms with Gasteiger partial charge in [0.1, 0.15) is 11.4 Å². The molecule has 0 spiro atoms. The number of amides is 2. The van der Waals surface area contributed by atoms with Crippen molar-refractivity contribution in [3.8, 4) is 6.07 Å². The molecule has 1 aliphatic heterocycles. The molecule has 168 valence electrons. The number of carbonyl (C=O) groups is 2. The van der Waals surface area contributed by atoms with Gasteiger partial charge in [-0.1, -0.05) is 0 Å². The number of nitriles is 1. The summed E-state index contributed by atoms with van der Waals surface area (Å²) >= 11 is 0. The second-order valence-electron chi connectivity index (χ2n) is 8.49. The minimum Gasteiger partial charge on any atom is -0.465 e. The summed E-state index contributed by atoms with van der Waals surface area (Å²) in [5, 5.41) is 27.0. The first-order valence-electron chi connectivity index (χ1n) is 10.3. The standard InChI is InChI=1S/C21H24FN7O3/c22-12-1-3-13(4-2-12)26-19-15(18(24)30)11-29(27-19)16-5-8-28(20(31)32)17(14(16)10-23)9-21(25)6-7-21/h1-4,11,14,16-17H,5-9,25H2,(H2,24,30)(H,26,27)(H,31,32). The Balaban J connectivity index is 1.65. The number of carboxylic acid groups (broad SMARTS) is 1. The fraction of sp³-hybridized carbons (Fsp3) is 0.429. The van der Waals surface area contributed by atoms with Gasteiger partial charge in [-0.2, -0.15) is 10.4 Å². The van der Waals surface area contributed by atoms with Crippen LogP contribution in [0.2, 0.25) is 0 Å². The van der Waals surface area contributed by atoms with Crippen molar-refractivity contribution in [3.05, 3.63) is 41.8 Å². The van der Waals surface area contributed by atoms with Crippen LogP contribution in [0.5, 0.6) is 0 Å². The maximum atomic E-state index is 13.2. The Labute approximate surface area is 183 Å². The van der Waals surface area contributed by atoms with Crippen molar-refractivity contribution < 1.29 is 19.1 Å². The molecule has 1 aliphatic carbocycles. The summed E-state index contributed by atoms with van der Waals surface area (Å²) in [5.74, 6) is -1.65. The van der Waals surface area contributed by atoms with Gasteiger partial charge in [0.25, 0.3) is 5.91 Å². The number of benzene rings is 1. The number of nitrogens with zero attached hydrogens (tertiary/aromatic N) is 4. The van der Waals surface area contributed by atoms with E-state index in [0.29, 0.717) is 18.5 Å². The SMILES string of the molecule is N#CC1C(CC2(N)CC2)N(C(=O)O)CCC1n1cc(C(N)=O)c(Nc2ccc(F)cc2)n1. The van der Waals surface area contributed by atoms with Crippen LogP contribution in [-0.4, -0.2) is 49.9 Å². The predicted molar refractivity (Wildman–Crippen MR) is 112 cm³/mol. The van der Waals surface area contributed by atoms with Crippen LogP contribution in [0.15, 0.2) is 30.5 Å². The van der Waals surface area contributed by atoms with Gasteiger partial charge < -0.3 is 26.8 Å². The number of carbonyl (C=O) groups excluding carboxylic acids is 1. The molecule has 2 fully saturated rings. The Morgan fingerprint density at radius 2 is 2.03 bits per heavy atom. The topological polar surface area (TPSA) is 163 Å². The Bertz CT molecular complexity index is 1070. The van der Waals surface area contributed by atoms with Crippen LogP contribution in [0.3, 0.4) is 0 Å². The van der Waals surface area contributed by atoms with Crippen LogP contribution >= 0.6 is 0 Å². The van der Waals surface area contributed by atoms with Gasteiger partial charge in [-0.3, -0.25) is 9.48 Å². The second-order valence-corrected chi connectivity index (χ2v) is 8.49. The Morgan fingerprint density at radius 3 is 2.59 bits per heavy atom. The van der Waals surface area contributed by atoms with Gasteiger partial charge in [0, 0.05) is 24.0 Å². The van der Waals surface area contributed by atoms with Gasteiger partial charge in [-0.15, -0.1) is 0 Å². The van der Waals surface area contributed by atoms with Crippen molar-refractivity contribution in [3.63, 3.8) is 0 Å². The third-order valence-corrected chi connectivity index (χ3v) is 6.24. The molecule has 1 aromatic heterocycles. The molecule has 11 heteroatoms. The highest BCUT2D eigenvalue weighted by Crippen LogP contribution is 2.43. The number of hydrogen-bond acceptors (Lipinski definition) is 6. The minimum atomic E-state index is -1.09. The number of aromatic nitrogens is 2. The van der Waals surface area contributed by atoms with E-state index in [2.05, 4.69) is 16.5 Å². The Kier molecular flexibility index (Phi) is 5.48. The highest BCUT2D eigenvalue weighted by atomic mass is 19.1. The molecule has 0 radical (unpaired) electrons. The lowest BCUT2D eigenvalue weighted by Gasteiger charge is -2.42. The molecule has 2 aliphatic rings. The van der Waals surface area contributed by atoms with Crippen LogP contribution in [0.4, 0.5) is 20.7 Å². The van der Waals surface area contributed by atoms with Crippen molar-refractivity contribution in [1.82, 2.24) is 14.7 Å². The zero-order valence-corrected chi connectivity index (χ0v) is 17.2. The summed E-state index contributed by atoms with van der Waals surface area (Å²) in [6.07, 6.45) is 2.69. The van der Waals surface area contributed by atoms with E-state index in [-0.39, 0.29) is 17.9 Å². The van der Waals surface area contributed by atoms with Gasteiger partial charge in [-0.25, -0.2) is 9.18 Å². The van der Waals surface area contributed by atoms with E-state index in [1.165, 1.54) is 40.0 Å². The van der Waals surface area contributed by atoms with Crippen molar-refractivity contribution in [2.24, 2.45) is 17.4 Å². The van der Waals surface area contributed by atoms with Gasteiger partial charge in [0.05, 0.1) is 24.1 Å². The molecule has 1 saturated carbocycles. The zero-order chi connectivity index (χ0) is 23.0. The molecule has 0 bridgehead atoms. The normalized spacial score (nSPS) is 23.9. The molecular weight excluding hydrogens is 417 g/mol. The van der Waals surface area contributed by atoms with E-state index in [4.69, 9.17) is 11.5 Å². The first-order valence-corrected chi connectivity index (χ1v) is 10.3. The summed E-state index contributed by atoms with van der Waals surface area (Å²) in [5.41, 5.74) is 11.9. The third kappa shape index (κ3) is 4.22. The lowest BCUT2D eigenvalue weighted by molar-refractivity contribution is 0.0590. The minimum absolute atomic E-state index is 0.112. The molecular formula is C21H24FN7O3. The highest BCUT2D eigenvalue weighted by Gasteiger charge is 2.49. The molecule has 2 amide bonds. The fourth-order valence-corrected chi connectivity index (χ4v) is 4.30. The first-order chi connectivity index (χ1) is 15.2. The summed E-state index contributed by atoms with van der Waals surface area (Å²) in [6, 6.07) is 6.72. The average Bonchev–Trinajstić information content (AvgIpc) is 3.32. The fourth-order valence-electron chi connectivity index (χ4n) is 4.30. The van der Waals surface area contributed by atoms with E-state index < -0.39 is 41.4 Å². The molecule has 2 heterocycles. The number of primary amides is 1. The van der Waals surface area contributed by atoms with Crippen molar-refractivity contribution in [2.45, 2.75) is 43.3 Å².